The van der Waals surface area contributed by atoms with Crippen LogP contribution in [-0.2, 0) is 14.3 Å². The zero-order valence-corrected chi connectivity index (χ0v) is 9.15. The van der Waals surface area contributed by atoms with Crippen molar-refractivity contribution in [3.8, 4) is 0 Å². The zero-order valence-electron chi connectivity index (χ0n) is 9.15. The minimum atomic E-state index is -1.00. The van der Waals surface area contributed by atoms with Crippen LogP contribution in [0.1, 0.15) is 26.7 Å². The van der Waals surface area contributed by atoms with Crippen molar-refractivity contribution in [1.82, 2.24) is 4.90 Å². The monoisotopic (exact) mass is 215 g/mol. The highest BCUT2D eigenvalue weighted by Gasteiger charge is 2.32. The quantitative estimate of drug-likeness (QED) is 0.666. The first-order valence-electron chi connectivity index (χ1n) is 5.09. The molecule has 5 heteroatoms. The fraction of sp³-hybridized carbons (Fsp3) is 0.800. The maximum atomic E-state index is 11.4. The molecule has 1 heterocycles. The van der Waals surface area contributed by atoms with Crippen molar-refractivity contribution in [1.29, 1.82) is 0 Å². The average Bonchev–Trinajstić information content (AvgIpc) is 2.11. The van der Waals surface area contributed by atoms with Gasteiger partial charge < -0.3 is 9.84 Å². The van der Waals surface area contributed by atoms with E-state index in [1.165, 1.54) is 0 Å². The van der Waals surface area contributed by atoms with Crippen LogP contribution in [0.4, 0.5) is 0 Å². The Morgan fingerprint density at radius 3 is 2.40 bits per heavy atom. The van der Waals surface area contributed by atoms with Crippen LogP contribution >= 0.6 is 0 Å². The van der Waals surface area contributed by atoms with Crippen LogP contribution in [0.5, 0.6) is 0 Å². The third-order valence-electron chi connectivity index (χ3n) is 2.34. The van der Waals surface area contributed by atoms with Crippen LogP contribution in [0.15, 0.2) is 0 Å². The van der Waals surface area contributed by atoms with E-state index in [0.717, 1.165) is 11.3 Å². The zero-order chi connectivity index (χ0) is 11.5. The van der Waals surface area contributed by atoms with E-state index in [1.54, 1.807) is 6.92 Å². The highest BCUT2D eigenvalue weighted by molar-refractivity contribution is 5.98. The number of hydrogen-bond donors (Lipinski definition) is 1. The van der Waals surface area contributed by atoms with Crippen molar-refractivity contribution in [2.45, 2.75) is 32.3 Å². The van der Waals surface area contributed by atoms with Gasteiger partial charge in [-0.3, -0.25) is 14.5 Å². The van der Waals surface area contributed by atoms with Crippen LogP contribution in [0.3, 0.4) is 0 Å². The second-order valence-electron chi connectivity index (χ2n) is 4.11. The summed E-state index contributed by atoms with van der Waals surface area (Å²) in [7, 11) is 0. The summed E-state index contributed by atoms with van der Waals surface area (Å²) >= 11 is 0. The van der Waals surface area contributed by atoms with Gasteiger partial charge in [0.25, 0.3) is 11.8 Å². The Morgan fingerprint density at radius 1 is 1.40 bits per heavy atom. The van der Waals surface area contributed by atoms with Gasteiger partial charge in [0, 0.05) is 0 Å². The molecule has 0 bridgehead atoms. The highest BCUT2D eigenvalue weighted by Crippen LogP contribution is 2.15. The molecule has 1 rings (SSSR count). The predicted molar refractivity (Wildman–Crippen MR) is 53.1 cm³/mol. The summed E-state index contributed by atoms with van der Waals surface area (Å²) in [5.74, 6) is -0.745. The third kappa shape index (κ3) is 3.28. The van der Waals surface area contributed by atoms with E-state index in [4.69, 9.17) is 4.74 Å². The lowest BCUT2D eigenvalue weighted by atomic mass is 10.00. The molecule has 1 atom stereocenters. The van der Waals surface area contributed by atoms with Gasteiger partial charge in [-0.25, -0.2) is 0 Å². The van der Waals surface area contributed by atoms with Crippen molar-refractivity contribution in [2.24, 2.45) is 0 Å². The van der Waals surface area contributed by atoms with E-state index < -0.39 is 5.60 Å². The second kappa shape index (κ2) is 4.72. The van der Waals surface area contributed by atoms with Crippen LogP contribution in [0.25, 0.3) is 0 Å². The molecule has 0 aromatic carbocycles. The van der Waals surface area contributed by atoms with Gasteiger partial charge in [0.05, 0.1) is 12.1 Å². The summed E-state index contributed by atoms with van der Waals surface area (Å²) in [5, 5.41) is 9.92. The molecular weight excluding hydrogens is 198 g/mol. The summed E-state index contributed by atoms with van der Waals surface area (Å²) in [4.78, 5) is 23.8. The summed E-state index contributed by atoms with van der Waals surface area (Å²) in [5.41, 5.74) is -1.00. The molecule has 1 saturated heterocycles. The fourth-order valence-corrected chi connectivity index (χ4v) is 1.66. The highest BCUT2D eigenvalue weighted by atomic mass is 16.5. The Bertz CT molecular complexity index is 246. The van der Waals surface area contributed by atoms with Gasteiger partial charge in [-0.2, -0.15) is 0 Å². The van der Waals surface area contributed by atoms with Gasteiger partial charge in [0.2, 0.25) is 0 Å². The summed E-state index contributed by atoms with van der Waals surface area (Å²) < 4.78 is 4.78. The lowest BCUT2D eigenvalue weighted by Crippen LogP contribution is -2.52. The molecule has 0 aliphatic carbocycles. The molecule has 1 fully saturated rings. The largest absolute Gasteiger partial charge is 0.388 e. The molecule has 0 radical (unpaired) electrons. The number of ether oxygens (including phenoxy) is 1. The van der Waals surface area contributed by atoms with Crippen LogP contribution < -0.4 is 0 Å². The smallest absolute Gasteiger partial charge is 0.255 e. The van der Waals surface area contributed by atoms with Crippen LogP contribution in [0.2, 0.25) is 0 Å². The molecule has 5 nitrogen and oxygen atoms in total. The molecule has 1 aliphatic rings. The van der Waals surface area contributed by atoms with E-state index in [0.29, 0.717) is 6.42 Å². The van der Waals surface area contributed by atoms with Crippen molar-refractivity contribution >= 4 is 11.8 Å². The third-order valence-corrected chi connectivity index (χ3v) is 2.34. The standard InChI is InChI=1S/C10H17NO4/c1-3-4-10(2,14)7-11-8(12)5-15-6-9(11)13/h14H,3-7H2,1-2H3. The number of β-amino-alcohol motifs (C(OH)–C–C–N with tert-alkyl or cyclic N) is 1. The second-order valence-corrected chi connectivity index (χ2v) is 4.11. The van der Waals surface area contributed by atoms with Crippen molar-refractivity contribution in [3.05, 3.63) is 0 Å². The molecule has 1 aliphatic heterocycles. The molecule has 0 aromatic rings. The maximum Gasteiger partial charge on any atom is 0.255 e. The number of amides is 2. The Balaban J connectivity index is 2.62. The van der Waals surface area contributed by atoms with E-state index in [-0.39, 0.29) is 31.6 Å². The van der Waals surface area contributed by atoms with Gasteiger partial charge in [0.15, 0.2) is 0 Å². The minimum absolute atomic E-state index is 0.0574. The van der Waals surface area contributed by atoms with Crippen molar-refractivity contribution in [2.75, 3.05) is 19.8 Å². The Hall–Kier alpha value is -0.940. The number of carbonyl (C=O) groups excluding carboxylic acids is 2. The Kier molecular flexibility index (Phi) is 3.82. The number of imide groups is 1. The van der Waals surface area contributed by atoms with Crippen molar-refractivity contribution < 1.29 is 19.4 Å². The van der Waals surface area contributed by atoms with E-state index in [1.807, 2.05) is 6.92 Å². The van der Waals surface area contributed by atoms with Crippen LogP contribution in [0, 0.1) is 0 Å². The van der Waals surface area contributed by atoms with Crippen molar-refractivity contribution in [3.63, 3.8) is 0 Å². The molecule has 1 unspecified atom stereocenters. The average molecular weight is 215 g/mol. The lowest BCUT2D eigenvalue weighted by molar-refractivity contribution is -0.162. The molecule has 1 N–H and O–H groups in total. The number of hydrogen-bond acceptors (Lipinski definition) is 4. The van der Waals surface area contributed by atoms with Gasteiger partial charge >= 0.3 is 0 Å². The van der Waals surface area contributed by atoms with E-state index >= 15 is 0 Å². The summed E-state index contributed by atoms with van der Waals surface area (Å²) in [6.45, 7) is 3.48. The Labute approximate surface area is 89.0 Å². The first-order chi connectivity index (χ1) is 6.96. The summed E-state index contributed by atoms with van der Waals surface area (Å²) in [6.07, 6.45) is 1.37. The van der Waals surface area contributed by atoms with Gasteiger partial charge in [-0.1, -0.05) is 13.3 Å². The predicted octanol–water partition coefficient (Wildman–Crippen LogP) is -0.0771. The first kappa shape index (κ1) is 12.1. The minimum Gasteiger partial charge on any atom is -0.388 e. The molecular formula is C10H17NO4. The first-order valence-corrected chi connectivity index (χ1v) is 5.09. The van der Waals surface area contributed by atoms with Gasteiger partial charge in [-0.05, 0) is 13.3 Å². The normalized spacial score (nSPS) is 21.7. The van der Waals surface area contributed by atoms with E-state index in [2.05, 4.69) is 0 Å². The number of morpholine rings is 1. The molecule has 2 amide bonds. The number of nitrogens with zero attached hydrogens (tertiary/aromatic N) is 1. The Morgan fingerprint density at radius 2 is 1.93 bits per heavy atom. The summed E-state index contributed by atoms with van der Waals surface area (Å²) in [6, 6.07) is 0. The number of carbonyl (C=O) groups is 2. The topological polar surface area (TPSA) is 66.8 Å². The molecule has 0 aromatic heterocycles. The SMILES string of the molecule is CCCC(C)(O)CN1C(=O)COCC1=O. The molecule has 15 heavy (non-hydrogen) atoms. The fourth-order valence-electron chi connectivity index (χ4n) is 1.66. The number of rotatable bonds is 4. The molecule has 0 spiro atoms. The van der Waals surface area contributed by atoms with Gasteiger partial charge in [0.1, 0.15) is 13.2 Å². The molecule has 0 saturated carbocycles. The lowest BCUT2D eigenvalue weighted by Gasteiger charge is -2.32. The maximum absolute atomic E-state index is 11.4. The molecule has 86 valence electrons. The van der Waals surface area contributed by atoms with Crippen LogP contribution in [-0.4, -0.2) is 47.2 Å². The van der Waals surface area contributed by atoms with Gasteiger partial charge in [-0.15, -0.1) is 0 Å². The number of aliphatic hydroxyl groups is 1. The van der Waals surface area contributed by atoms with E-state index in [9.17, 15) is 14.7 Å².